The molecule has 2 amide bonds. The number of ketones is 1. The van der Waals surface area contributed by atoms with Crippen LogP contribution in [0, 0.1) is 10.1 Å². The second-order valence-corrected chi connectivity index (χ2v) is 6.90. The van der Waals surface area contributed by atoms with Gasteiger partial charge in [0.1, 0.15) is 6.61 Å². The SMILES string of the molecule is COc1cc([C@@H]2NC(=O)N(N)C(C)=C2C(C)=O)c([N+](=O)[O-])cc1OCc1ccccc1. The zero-order valence-corrected chi connectivity index (χ0v) is 17.2. The van der Waals surface area contributed by atoms with Crippen LogP contribution in [-0.4, -0.2) is 28.9 Å². The van der Waals surface area contributed by atoms with Crippen molar-refractivity contribution < 1.29 is 24.0 Å². The minimum atomic E-state index is -1.07. The molecule has 1 heterocycles. The lowest BCUT2D eigenvalue weighted by atomic mass is 9.91. The van der Waals surface area contributed by atoms with Gasteiger partial charge >= 0.3 is 6.03 Å². The number of nitro groups is 1. The third kappa shape index (κ3) is 4.33. The minimum absolute atomic E-state index is 0.0833. The number of methoxy groups -OCH3 is 1. The Morgan fingerprint density at radius 3 is 2.52 bits per heavy atom. The molecule has 1 aliphatic heterocycles. The van der Waals surface area contributed by atoms with Crippen LogP contribution in [0.1, 0.15) is 31.0 Å². The third-order valence-corrected chi connectivity index (χ3v) is 4.96. The molecule has 0 bridgehead atoms. The highest BCUT2D eigenvalue weighted by Crippen LogP contribution is 2.41. The van der Waals surface area contributed by atoms with E-state index in [1.54, 1.807) is 0 Å². The number of nitro benzene ring substituents is 1. The van der Waals surface area contributed by atoms with Gasteiger partial charge in [-0.15, -0.1) is 0 Å². The molecule has 0 fully saturated rings. The largest absolute Gasteiger partial charge is 0.493 e. The molecule has 3 rings (SSSR count). The summed E-state index contributed by atoms with van der Waals surface area (Å²) in [6.07, 6.45) is 0. The van der Waals surface area contributed by atoms with E-state index in [2.05, 4.69) is 5.32 Å². The molecular formula is C21H22N4O6. The van der Waals surface area contributed by atoms with Crippen LogP contribution < -0.4 is 20.6 Å². The van der Waals surface area contributed by atoms with Gasteiger partial charge in [0, 0.05) is 11.3 Å². The van der Waals surface area contributed by atoms with E-state index in [-0.39, 0.29) is 46.4 Å². The Kier molecular flexibility index (Phi) is 6.21. The van der Waals surface area contributed by atoms with E-state index in [1.165, 1.54) is 33.1 Å². The van der Waals surface area contributed by atoms with Crippen molar-refractivity contribution in [2.75, 3.05) is 7.11 Å². The molecule has 162 valence electrons. The van der Waals surface area contributed by atoms with Gasteiger partial charge in [0.25, 0.3) is 5.69 Å². The predicted molar refractivity (Wildman–Crippen MR) is 111 cm³/mol. The van der Waals surface area contributed by atoms with E-state index in [4.69, 9.17) is 15.3 Å². The Labute approximate surface area is 178 Å². The molecule has 3 N–H and O–H groups in total. The molecule has 0 aromatic heterocycles. The number of Topliss-reactive ketones (excluding diaryl/α,β-unsaturated/α-hetero) is 1. The summed E-state index contributed by atoms with van der Waals surface area (Å²) in [6.45, 7) is 2.98. The first-order valence-corrected chi connectivity index (χ1v) is 9.34. The molecule has 2 aromatic rings. The Bertz CT molecular complexity index is 1070. The van der Waals surface area contributed by atoms with Gasteiger partial charge in [-0.1, -0.05) is 30.3 Å². The Balaban J connectivity index is 2.09. The molecule has 10 heteroatoms. The van der Waals surface area contributed by atoms with Crippen molar-refractivity contribution in [3.63, 3.8) is 0 Å². The summed E-state index contributed by atoms with van der Waals surface area (Å²) in [5.41, 5.74) is 0.978. The summed E-state index contributed by atoms with van der Waals surface area (Å²) < 4.78 is 11.1. The van der Waals surface area contributed by atoms with Gasteiger partial charge in [-0.05, 0) is 25.5 Å². The molecule has 0 unspecified atom stereocenters. The molecular weight excluding hydrogens is 404 g/mol. The van der Waals surface area contributed by atoms with Gasteiger partial charge < -0.3 is 14.8 Å². The molecule has 0 aliphatic carbocycles. The maximum atomic E-state index is 12.3. The average molecular weight is 426 g/mol. The monoisotopic (exact) mass is 426 g/mol. The van der Waals surface area contributed by atoms with E-state index < -0.39 is 17.0 Å². The van der Waals surface area contributed by atoms with E-state index >= 15 is 0 Å². The summed E-state index contributed by atoms with van der Waals surface area (Å²) in [5, 5.41) is 15.2. The number of urea groups is 1. The number of rotatable bonds is 7. The van der Waals surface area contributed by atoms with Crippen LogP contribution in [0.3, 0.4) is 0 Å². The lowest BCUT2D eigenvalue weighted by molar-refractivity contribution is -0.385. The van der Waals surface area contributed by atoms with Gasteiger partial charge in [-0.3, -0.25) is 14.9 Å². The highest BCUT2D eigenvalue weighted by atomic mass is 16.6. The Hall–Kier alpha value is -3.92. The van der Waals surface area contributed by atoms with Crippen molar-refractivity contribution in [2.24, 2.45) is 5.84 Å². The van der Waals surface area contributed by atoms with Crippen molar-refractivity contribution in [2.45, 2.75) is 26.5 Å². The maximum Gasteiger partial charge on any atom is 0.336 e. The third-order valence-electron chi connectivity index (χ3n) is 4.96. The maximum absolute atomic E-state index is 12.3. The summed E-state index contributed by atoms with van der Waals surface area (Å²) in [6, 6.07) is 10.2. The molecule has 0 saturated heterocycles. The second kappa shape index (κ2) is 8.84. The number of carbonyl (C=O) groups excluding carboxylic acids is 2. The first kappa shape index (κ1) is 21.8. The number of allylic oxidation sites excluding steroid dienone is 1. The smallest absolute Gasteiger partial charge is 0.336 e. The average Bonchev–Trinajstić information content (AvgIpc) is 2.75. The van der Waals surface area contributed by atoms with Crippen molar-refractivity contribution in [1.82, 2.24) is 10.3 Å². The van der Waals surface area contributed by atoms with Gasteiger partial charge in [-0.2, -0.15) is 0 Å². The zero-order valence-electron chi connectivity index (χ0n) is 17.2. The van der Waals surface area contributed by atoms with Gasteiger partial charge in [-0.25, -0.2) is 15.6 Å². The fraction of sp³-hybridized carbons (Fsp3) is 0.238. The van der Waals surface area contributed by atoms with Gasteiger partial charge in [0.15, 0.2) is 17.3 Å². The quantitative estimate of drug-likeness (QED) is 0.300. The van der Waals surface area contributed by atoms with Crippen LogP contribution >= 0.6 is 0 Å². The van der Waals surface area contributed by atoms with Crippen LogP contribution in [0.5, 0.6) is 11.5 Å². The number of nitrogens with one attached hydrogen (secondary N) is 1. The van der Waals surface area contributed by atoms with Crippen LogP contribution in [0.15, 0.2) is 53.7 Å². The zero-order chi connectivity index (χ0) is 22.7. The van der Waals surface area contributed by atoms with Gasteiger partial charge in [0.05, 0.1) is 29.7 Å². The molecule has 1 atom stereocenters. The lowest BCUT2D eigenvalue weighted by Crippen LogP contribution is -2.50. The van der Waals surface area contributed by atoms with Crippen LogP contribution in [-0.2, 0) is 11.4 Å². The van der Waals surface area contributed by atoms with E-state index in [0.29, 0.717) is 0 Å². The molecule has 0 spiro atoms. The standard InChI is InChI=1S/C21H22N4O6/c1-12-19(13(2)26)20(23-21(27)24(12)22)15-9-17(30-3)18(10-16(15)25(28)29)31-11-14-7-5-4-6-8-14/h4-10,20H,11,22H2,1-3H3,(H,23,27)/t20-/m0/s1. The molecule has 10 nitrogen and oxygen atoms in total. The summed E-state index contributed by atoms with van der Waals surface area (Å²) in [5.74, 6) is 5.70. The summed E-state index contributed by atoms with van der Waals surface area (Å²) >= 11 is 0. The molecule has 0 radical (unpaired) electrons. The number of benzene rings is 2. The van der Waals surface area contributed by atoms with Crippen LogP contribution in [0.4, 0.5) is 10.5 Å². The molecule has 31 heavy (non-hydrogen) atoms. The normalized spacial score (nSPS) is 16.1. The summed E-state index contributed by atoms with van der Waals surface area (Å²) in [7, 11) is 1.40. The highest BCUT2D eigenvalue weighted by molar-refractivity contribution is 5.98. The number of hydrogen-bond acceptors (Lipinski definition) is 7. The Morgan fingerprint density at radius 2 is 1.94 bits per heavy atom. The fourth-order valence-corrected chi connectivity index (χ4v) is 3.41. The van der Waals surface area contributed by atoms with Crippen LogP contribution in [0.25, 0.3) is 0 Å². The number of amides is 2. The van der Waals surface area contributed by atoms with E-state index in [0.717, 1.165) is 10.6 Å². The van der Waals surface area contributed by atoms with Crippen molar-refractivity contribution in [3.05, 3.63) is 75.0 Å². The number of hydrazine groups is 1. The Morgan fingerprint density at radius 1 is 1.26 bits per heavy atom. The van der Waals surface area contributed by atoms with Crippen molar-refractivity contribution >= 4 is 17.5 Å². The van der Waals surface area contributed by atoms with Gasteiger partial charge in [0.2, 0.25) is 0 Å². The van der Waals surface area contributed by atoms with Crippen molar-refractivity contribution in [1.29, 1.82) is 0 Å². The fourth-order valence-electron chi connectivity index (χ4n) is 3.41. The number of hydrogen-bond donors (Lipinski definition) is 2. The highest BCUT2D eigenvalue weighted by Gasteiger charge is 2.37. The van der Waals surface area contributed by atoms with E-state index in [9.17, 15) is 19.7 Å². The molecule has 2 aromatic carbocycles. The second-order valence-electron chi connectivity index (χ2n) is 6.90. The first-order chi connectivity index (χ1) is 14.7. The summed E-state index contributed by atoms with van der Waals surface area (Å²) in [4.78, 5) is 35.8. The topological polar surface area (TPSA) is 137 Å². The number of carbonyl (C=O) groups is 2. The number of nitrogens with two attached hydrogens (primary N) is 1. The van der Waals surface area contributed by atoms with E-state index in [1.807, 2.05) is 30.3 Å². The molecule has 0 saturated carbocycles. The number of nitrogens with zero attached hydrogens (tertiary/aromatic N) is 2. The minimum Gasteiger partial charge on any atom is -0.493 e. The predicted octanol–water partition coefficient (Wildman–Crippen LogP) is 2.99. The van der Waals surface area contributed by atoms with Crippen LogP contribution in [0.2, 0.25) is 0 Å². The molecule has 1 aliphatic rings. The first-order valence-electron chi connectivity index (χ1n) is 9.34. The van der Waals surface area contributed by atoms with Crippen molar-refractivity contribution in [3.8, 4) is 11.5 Å². The number of ether oxygens (including phenoxy) is 2. The lowest BCUT2D eigenvalue weighted by Gasteiger charge is -2.32.